The van der Waals surface area contributed by atoms with Gasteiger partial charge in [-0.2, -0.15) is 5.26 Å². The quantitative estimate of drug-likeness (QED) is 0.230. The molecular weight excluding hydrogens is 458 g/mol. The average Bonchev–Trinajstić information content (AvgIpc) is 3.00. The second-order valence-electron chi connectivity index (χ2n) is 9.74. The molecule has 7 aromatic carbocycles. The molecule has 0 aromatic heterocycles. The fraction of sp³-hybridized carbons (Fsp3) is 0. The van der Waals surface area contributed by atoms with Crippen molar-refractivity contribution in [1.82, 2.24) is 0 Å². The van der Waals surface area contributed by atoms with Gasteiger partial charge in [0.15, 0.2) is 0 Å². The van der Waals surface area contributed by atoms with Gasteiger partial charge in [0.25, 0.3) is 0 Å². The van der Waals surface area contributed by atoms with Crippen LogP contribution in [0.1, 0.15) is 5.56 Å². The SMILES string of the molecule is N#Cc1ccc(-c2ccc3c(ccc4cc(-c5cc6ccccc6cc5-c5ccccc5)ccc43)c2)cc1. The van der Waals surface area contributed by atoms with Crippen LogP contribution in [-0.4, -0.2) is 0 Å². The van der Waals surface area contributed by atoms with Crippen LogP contribution in [0.2, 0.25) is 0 Å². The van der Waals surface area contributed by atoms with Gasteiger partial charge in [0.05, 0.1) is 11.6 Å². The fourth-order valence-electron chi connectivity index (χ4n) is 5.49. The Morgan fingerprint density at radius 2 is 0.895 bits per heavy atom. The Balaban J connectivity index is 1.36. The van der Waals surface area contributed by atoms with E-state index < -0.39 is 0 Å². The number of nitrogens with zero attached hydrogens (tertiary/aromatic N) is 1. The molecule has 0 aliphatic carbocycles. The number of benzene rings is 7. The normalized spacial score (nSPS) is 11.1. The number of nitriles is 1. The Kier molecular flexibility index (Phi) is 5.24. The maximum absolute atomic E-state index is 9.10. The first-order chi connectivity index (χ1) is 18.8. The van der Waals surface area contributed by atoms with E-state index in [1.165, 1.54) is 54.6 Å². The standard InChI is InChI=1S/C37H23N/c38-24-25-10-12-26(13-11-25)30-16-18-34-31(20-30)14-15-32-21-33(17-19-35(32)34)37-23-29-9-5-4-8-28(29)22-36(37)27-6-2-1-3-7-27/h1-23H. The van der Waals surface area contributed by atoms with Crippen LogP contribution in [0.15, 0.2) is 140 Å². The summed E-state index contributed by atoms with van der Waals surface area (Å²) in [5, 5.41) is 16.5. The van der Waals surface area contributed by atoms with E-state index in [1.807, 2.05) is 24.3 Å². The Labute approximate surface area is 221 Å². The maximum atomic E-state index is 9.10. The lowest BCUT2D eigenvalue weighted by molar-refractivity contribution is 1.48. The highest BCUT2D eigenvalue weighted by Crippen LogP contribution is 2.38. The first kappa shape index (κ1) is 22.0. The Bertz CT molecular complexity index is 2010. The minimum Gasteiger partial charge on any atom is -0.192 e. The molecule has 7 aromatic rings. The molecule has 0 unspecified atom stereocenters. The molecule has 0 spiro atoms. The average molecular weight is 482 g/mol. The Hall–Kier alpha value is -5.19. The van der Waals surface area contributed by atoms with E-state index in [0.29, 0.717) is 5.56 Å². The van der Waals surface area contributed by atoms with Gasteiger partial charge in [-0.05, 0) is 102 Å². The van der Waals surface area contributed by atoms with E-state index in [1.54, 1.807) is 0 Å². The van der Waals surface area contributed by atoms with Crippen molar-refractivity contribution in [2.24, 2.45) is 0 Å². The van der Waals surface area contributed by atoms with Crippen molar-refractivity contribution < 1.29 is 0 Å². The van der Waals surface area contributed by atoms with Gasteiger partial charge in [-0.3, -0.25) is 0 Å². The summed E-state index contributed by atoms with van der Waals surface area (Å²) in [5.74, 6) is 0. The van der Waals surface area contributed by atoms with Crippen LogP contribution < -0.4 is 0 Å². The third-order valence-electron chi connectivity index (χ3n) is 7.46. The minimum atomic E-state index is 0.679. The predicted octanol–water partition coefficient (Wildman–Crippen LogP) is 10.0. The summed E-state index contributed by atoms with van der Waals surface area (Å²) in [6, 6.07) is 51.8. The zero-order chi connectivity index (χ0) is 25.5. The number of rotatable bonds is 3. The highest BCUT2D eigenvalue weighted by molar-refractivity contribution is 6.10. The van der Waals surface area contributed by atoms with Crippen LogP contribution in [0.5, 0.6) is 0 Å². The van der Waals surface area contributed by atoms with Gasteiger partial charge < -0.3 is 0 Å². The lowest BCUT2D eigenvalue weighted by Crippen LogP contribution is -1.88. The molecule has 0 heterocycles. The molecule has 0 amide bonds. The zero-order valence-corrected chi connectivity index (χ0v) is 20.7. The highest BCUT2D eigenvalue weighted by Gasteiger charge is 2.11. The van der Waals surface area contributed by atoms with Crippen LogP contribution >= 0.6 is 0 Å². The Morgan fingerprint density at radius 3 is 1.53 bits per heavy atom. The smallest absolute Gasteiger partial charge is 0.0991 e. The summed E-state index contributed by atoms with van der Waals surface area (Å²) in [6.07, 6.45) is 0. The molecule has 0 fully saturated rings. The van der Waals surface area contributed by atoms with Crippen LogP contribution in [0, 0.1) is 11.3 Å². The first-order valence-electron chi connectivity index (χ1n) is 12.8. The van der Waals surface area contributed by atoms with Crippen molar-refractivity contribution in [3.63, 3.8) is 0 Å². The van der Waals surface area contributed by atoms with E-state index >= 15 is 0 Å². The summed E-state index contributed by atoms with van der Waals surface area (Å²) < 4.78 is 0. The molecule has 0 saturated heterocycles. The zero-order valence-electron chi connectivity index (χ0n) is 20.7. The second kappa shape index (κ2) is 9.04. The van der Waals surface area contributed by atoms with E-state index in [2.05, 4.69) is 121 Å². The molecule has 0 radical (unpaired) electrons. The monoisotopic (exact) mass is 481 g/mol. The molecule has 38 heavy (non-hydrogen) atoms. The molecule has 1 heteroatoms. The third kappa shape index (κ3) is 3.81. The van der Waals surface area contributed by atoms with Crippen molar-refractivity contribution in [1.29, 1.82) is 5.26 Å². The van der Waals surface area contributed by atoms with Crippen LogP contribution in [0.4, 0.5) is 0 Å². The molecular formula is C37H23N. The summed E-state index contributed by atoms with van der Waals surface area (Å²) >= 11 is 0. The van der Waals surface area contributed by atoms with E-state index in [4.69, 9.17) is 5.26 Å². The summed E-state index contributed by atoms with van der Waals surface area (Å²) in [6.45, 7) is 0. The first-order valence-corrected chi connectivity index (χ1v) is 12.8. The topological polar surface area (TPSA) is 23.8 Å². The lowest BCUT2D eigenvalue weighted by atomic mass is 9.90. The van der Waals surface area contributed by atoms with Gasteiger partial charge in [0.1, 0.15) is 0 Å². The molecule has 0 atom stereocenters. The van der Waals surface area contributed by atoms with E-state index in [9.17, 15) is 0 Å². The summed E-state index contributed by atoms with van der Waals surface area (Å²) in [5.41, 5.74) is 7.88. The second-order valence-corrected chi connectivity index (χ2v) is 9.74. The van der Waals surface area contributed by atoms with E-state index in [-0.39, 0.29) is 0 Å². The third-order valence-corrected chi connectivity index (χ3v) is 7.46. The van der Waals surface area contributed by atoms with Crippen LogP contribution in [0.3, 0.4) is 0 Å². The van der Waals surface area contributed by atoms with Gasteiger partial charge in [0, 0.05) is 0 Å². The summed E-state index contributed by atoms with van der Waals surface area (Å²) in [4.78, 5) is 0. The van der Waals surface area contributed by atoms with Crippen molar-refractivity contribution in [2.75, 3.05) is 0 Å². The van der Waals surface area contributed by atoms with Gasteiger partial charge >= 0.3 is 0 Å². The maximum Gasteiger partial charge on any atom is 0.0991 e. The lowest BCUT2D eigenvalue weighted by Gasteiger charge is -2.14. The largest absolute Gasteiger partial charge is 0.192 e. The van der Waals surface area contributed by atoms with Crippen molar-refractivity contribution >= 4 is 32.3 Å². The summed E-state index contributed by atoms with van der Waals surface area (Å²) in [7, 11) is 0. The van der Waals surface area contributed by atoms with Gasteiger partial charge in [-0.15, -0.1) is 0 Å². The van der Waals surface area contributed by atoms with Gasteiger partial charge in [0.2, 0.25) is 0 Å². The molecule has 7 rings (SSSR count). The molecule has 176 valence electrons. The minimum absolute atomic E-state index is 0.679. The van der Waals surface area contributed by atoms with Crippen molar-refractivity contribution in [2.45, 2.75) is 0 Å². The Morgan fingerprint density at radius 1 is 0.368 bits per heavy atom. The number of hydrogen-bond donors (Lipinski definition) is 0. The molecule has 0 bridgehead atoms. The van der Waals surface area contributed by atoms with Crippen LogP contribution in [0.25, 0.3) is 65.7 Å². The van der Waals surface area contributed by atoms with E-state index in [0.717, 1.165) is 11.1 Å². The molecule has 0 saturated carbocycles. The van der Waals surface area contributed by atoms with Crippen LogP contribution in [-0.2, 0) is 0 Å². The van der Waals surface area contributed by atoms with Crippen molar-refractivity contribution in [3.05, 3.63) is 145 Å². The van der Waals surface area contributed by atoms with Crippen molar-refractivity contribution in [3.8, 4) is 39.4 Å². The molecule has 0 aliphatic rings. The number of fused-ring (bicyclic) bond motifs is 4. The molecule has 0 aliphatic heterocycles. The van der Waals surface area contributed by atoms with Gasteiger partial charge in [-0.1, -0.05) is 103 Å². The molecule has 1 nitrogen and oxygen atoms in total. The fourth-order valence-corrected chi connectivity index (χ4v) is 5.49. The van der Waals surface area contributed by atoms with Gasteiger partial charge in [-0.25, -0.2) is 0 Å². The highest BCUT2D eigenvalue weighted by atomic mass is 14.2. The molecule has 0 N–H and O–H groups in total. The number of hydrogen-bond acceptors (Lipinski definition) is 1. The predicted molar refractivity (Wildman–Crippen MR) is 160 cm³/mol.